The number of benzene rings is 2. The predicted octanol–water partition coefficient (Wildman–Crippen LogP) is 3.17. The second-order valence-corrected chi connectivity index (χ2v) is 4.84. The molecular weight excluding hydrogens is 308 g/mol. The number of nitrogens with one attached hydrogen (secondary N) is 2. The Morgan fingerprint density at radius 1 is 1.17 bits per heavy atom. The van der Waals surface area contributed by atoms with E-state index in [0.717, 1.165) is 6.08 Å². The van der Waals surface area contributed by atoms with Crippen molar-refractivity contribution in [1.29, 1.82) is 0 Å². The second kappa shape index (κ2) is 7.82. The van der Waals surface area contributed by atoms with Crippen molar-refractivity contribution in [2.45, 2.75) is 6.92 Å². The first kappa shape index (κ1) is 17.1. The maximum absolute atomic E-state index is 12.4. The van der Waals surface area contributed by atoms with Gasteiger partial charge in [-0.15, -0.1) is 0 Å². The zero-order valence-corrected chi connectivity index (χ0v) is 13.2. The van der Waals surface area contributed by atoms with Crippen molar-refractivity contribution >= 4 is 23.2 Å². The Morgan fingerprint density at radius 3 is 2.62 bits per heavy atom. The lowest BCUT2D eigenvalue weighted by Gasteiger charge is -2.10. The summed E-state index contributed by atoms with van der Waals surface area (Å²) in [6.07, 6.45) is 1.12. The third kappa shape index (κ3) is 4.36. The molecule has 3 N–H and O–H groups in total. The Balaban J connectivity index is 2.19. The van der Waals surface area contributed by atoms with E-state index in [1.54, 1.807) is 24.3 Å². The first-order chi connectivity index (χ1) is 11.5. The minimum Gasteiger partial charge on any atom is -0.507 e. The van der Waals surface area contributed by atoms with E-state index in [1.807, 2.05) is 6.92 Å². The molecule has 0 saturated heterocycles. The highest BCUT2D eigenvalue weighted by Gasteiger charge is 2.13. The number of hydrogen-bond acceptors (Lipinski definition) is 4. The molecule has 0 aliphatic heterocycles. The summed E-state index contributed by atoms with van der Waals surface area (Å²) < 4.78 is 5.38. The number of carbonyl (C=O) groups is 2. The minimum atomic E-state index is -0.504. The van der Waals surface area contributed by atoms with Crippen molar-refractivity contribution in [3.63, 3.8) is 0 Å². The van der Waals surface area contributed by atoms with Crippen LogP contribution in [0.3, 0.4) is 0 Å². The molecular formula is C18H18N2O4. The third-order valence-electron chi connectivity index (χ3n) is 3.10. The molecule has 2 aromatic rings. The Labute approximate surface area is 139 Å². The van der Waals surface area contributed by atoms with Gasteiger partial charge >= 0.3 is 0 Å². The van der Waals surface area contributed by atoms with Gasteiger partial charge in [-0.2, -0.15) is 0 Å². The van der Waals surface area contributed by atoms with Gasteiger partial charge in [-0.05, 0) is 43.3 Å². The van der Waals surface area contributed by atoms with Crippen molar-refractivity contribution in [2.24, 2.45) is 0 Å². The summed E-state index contributed by atoms with van der Waals surface area (Å²) in [5, 5.41) is 15.1. The highest BCUT2D eigenvalue weighted by atomic mass is 16.5. The van der Waals surface area contributed by atoms with Gasteiger partial charge in [-0.3, -0.25) is 9.59 Å². The Bertz CT molecular complexity index is 771. The van der Waals surface area contributed by atoms with Crippen LogP contribution in [-0.4, -0.2) is 23.5 Å². The van der Waals surface area contributed by atoms with Crippen molar-refractivity contribution < 1.29 is 19.4 Å². The predicted molar refractivity (Wildman–Crippen MR) is 92.5 cm³/mol. The summed E-state index contributed by atoms with van der Waals surface area (Å²) in [5.41, 5.74) is 0.954. The number of ether oxygens (including phenoxy) is 1. The Morgan fingerprint density at radius 2 is 1.92 bits per heavy atom. The molecule has 124 valence electrons. The van der Waals surface area contributed by atoms with Crippen LogP contribution in [0.2, 0.25) is 0 Å². The maximum atomic E-state index is 12.4. The smallest absolute Gasteiger partial charge is 0.259 e. The van der Waals surface area contributed by atoms with Crippen LogP contribution in [0.1, 0.15) is 17.3 Å². The topological polar surface area (TPSA) is 87.7 Å². The Hall–Kier alpha value is -3.28. The molecule has 0 aromatic heterocycles. The van der Waals surface area contributed by atoms with E-state index < -0.39 is 11.8 Å². The molecule has 0 unspecified atom stereocenters. The molecule has 2 aromatic carbocycles. The Kier molecular flexibility index (Phi) is 5.57. The van der Waals surface area contributed by atoms with Crippen molar-refractivity contribution in [3.05, 3.63) is 60.7 Å². The molecule has 0 fully saturated rings. The number of hydrogen-bond donors (Lipinski definition) is 3. The molecule has 0 saturated carbocycles. The average Bonchev–Trinajstić information content (AvgIpc) is 2.57. The molecule has 0 aliphatic rings. The van der Waals surface area contributed by atoms with Crippen LogP contribution in [0.5, 0.6) is 11.5 Å². The van der Waals surface area contributed by atoms with Gasteiger partial charge in [-0.1, -0.05) is 12.6 Å². The summed E-state index contributed by atoms with van der Waals surface area (Å²) in [7, 11) is 0. The van der Waals surface area contributed by atoms with E-state index >= 15 is 0 Å². The monoisotopic (exact) mass is 326 g/mol. The number of carbonyl (C=O) groups excluding carboxylic acids is 2. The molecule has 2 amide bonds. The van der Waals surface area contributed by atoms with Crippen molar-refractivity contribution in [3.8, 4) is 11.5 Å². The van der Waals surface area contributed by atoms with E-state index in [2.05, 4.69) is 17.2 Å². The molecule has 0 aliphatic carbocycles. The standard InChI is InChI=1S/C18H18N2O4/c1-3-17(22)19-13-8-9-16(21)15(11-13)18(23)20-12-6-5-7-14(10-12)24-4-2/h3,5-11,21H,1,4H2,2H3,(H,19,22)(H,20,23). The zero-order valence-electron chi connectivity index (χ0n) is 13.2. The van der Waals surface area contributed by atoms with E-state index in [4.69, 9.17) is 4.74 Å². The summed E-state index contributed by atoms with van der Waals surface area (Å²) in [4.78, 5) is 23.7. The fourth-order valence-corrected chi connectivity index (χ4v) is 2.02. The van der Waals surface area contributed by atoms with Gasteiger partial charge in [0.1, 0.15) is 11.5 Å². The van der Waals surface area contributed by atoms with Crippen LogP contribution in [0.25, 0.3) is 0 Å². The highest BCUT2D eigenvalue weighted by molar-refractivity contribution is 6.07. The zero-order chi connectivity index (χ0) is 17.5. The van der Waals surface area contributed by atoms with Gasteiger partial charge in [-0.25, -0.2) is 0 Å². The van der Waals surface area contributed by atoms with Crippen LogP contribution in [0.4, 0.5) is 11.4 Å². The number of aromatic hydroxyl groups is 1. The van der Waals surface area contributed by atoms with E-state index in [9.17, 15) is 14.7 Å². The molecule has 0 heterocycles. The molecule has 0 spiro atoms. The average molecular weight is 326 g/mol. The maximum Gasteiger partial charge on any atom is 0.259 e. The van der Waals surface area contributed by atoms with Gasteiger partial charge in [0, 0.05) is 17.4 Å². The number of amides is 2. The van der Waals surface area contributed by atoms with Crippen molar-refractivity contribution in [2.75, 3.05) is 17.2 Å². The number of rotatable bonds is 6. The molecule has 6 heteroatoms. The van der Waals surface area contributed by atoms with Crippen LogP contribution >= 0.6 is 0 Å². The van der Waals surface area contributed by atoms with Crippen LogP contribution in [0.15, 0.2) is 55.1 Å². The van der Waals surface area contributed by atoms with Crippen LogP contribution < -0.4 is 15.4 Å². The molecule has 2 rings (SSSR count). The fourth-order valence-electron chi connectivity index (χ4n) is 2.02. The SMILES string of the molecule is C=CC(=O)Nc1ccc(O)c(C(=O)Nc2cccc(OCC)c2)c1. The summed E-state index contributed by atoms with van der Waals surface area (Å²) in [5.74, 6) is -0.469. The van der Waals surface area contributed by atoms with Gasteiger partial charge in [0.2, 0.25) is 5.91 Å². The minimum absolute atomic E-state index is 0.0404. The molecule has 6 nitrogen and oxygen atoms in total. The normalized spacial score (nSPS) is 9.88. The van der Waals surface area contributed by atoms with Gasteiger partial charge < -0.3 is 20.5 Å². The lowest BCUT2D eigenvalue weighted by Crippen LogP contribution is -2.13. The quantitative estimate of drug-likeness (QED) is 0.562. The summed E-state index contributed by atoms with van der Waals surface area (Å²) >= 11 is 0. The number of anilines is 2. The van der Waals surface area contributed by atoms with Crippen LogP contribution in [-0.2, 0) is 4.79 Å². The van der Waals surface area contributed by atoms with Gasteiger partial charge in [0.15, 0.2) is 0 Å². The van der Waals surface area contributed by atoms with E-state index in [1.165, 1.54) is 18.2 Å². The first-order valence-corrected chi connectivity index (χ1v) is 7.34. The second-order valence-electron chi connectivity index (χ2n) is 4.84. The van der Waals surface area contributed by atoms with E-state index in [0.29, 0.717) is 23.7 Å². The highest BCUT2D eigenvalue weighted by Crippen LogP contribution is 2.24. The molecule has 0 radical (unpaired) electrons. The van der Waals surface area contributed by atoms with Gasteiger partial charge in [0.25, 0.3) is 5.91 Å². The summed E-state index contributed by atoms with van der Waals surface area (Å²) in [6.45, 7) is 5.74. The molecule has 24 heavy (non-hydrogen) atoms. The van der Waals surface area contributed by atoms with Gasteiger partial charge in [0.05, 0.1) is 12.2 Å². The van der Waals surface area contributed by atoms with Crippen LogP contribution in [0, 0.1) is 0 Å². The molecule has 0 bridgehead atoms. The lowest BCUT2D eigenvalue weighted by molar-refractivity contribution is -0.111. The number of phenols is 1. The molecule has 0 atom stereocenters. The summed E-state index contributed by atoms with van der Waals surface area (Å²) in [6, 6.07) is 11.1. The number of phenolic OH excluding ortho intramolecular Hbond substituents is 1. The van der Waals surface area contributed by atoms with E-state index in [-0.39, 0.29) is 11.3 Å². The fraction of sp³-hybridized carbons (Fsp3) is 0.111. The first-order valence-electron chi connectivity index (χ1n) is 7.34. The van der Waals surface area contributed by atoms with Crippen molar-refractivity contribution in [1.82, 2.24) is 0 Å². The largest absolute Gasteiger partial charge is 0.507 e. The third-order valence-corrected chi connectivity index (χ3v) is 3.10. The lowest BCUT2D eigenvalue weighted by atomic mass is 10.1.